The summed E-state index contributed by atoms with van der Waals surface area (Å²) in [5, 5.41) is 0. The second-order valence-corrected chi connectivity index (χ2v) is 7.91. The van der Waals surface area contributed by atoms with E-state index in [9.17, 15) is 4.79 Å². The van der Waals surface area contributed by atoms with Gasteiger partial charge in [-0.1, -0.05) is 13.3 Å². The molecule has 0 saturated heterocycles. The van der Waals surface area contributed by atoms with Crippen LogP contribution in [0.1, 0.15) is 84.0 Å². The van der Waals surface area contributed by atoms with Crippen molar-refractivity contribution < 1.29 is 4.79 Å². The molecule has 1 nitrogen and oxygen atoms in total. The van der Waals surface area contributed by atoms with E-state index < -0.39 is 0 Å². The predicted molar refractivity (Wildman–Crippen MR) is 79.0 cm³/mol. The fourth-order valence-electron chi connectivity index (χ4n) is 5.82. The van der Waals surface area contributed by atoms with Crippen molar-refractivity contribution in [3.8, 4) is 0 Å². The van der Waals surface area contributed by atoms with Crippen molar-refractivity contribution in [3.63, 3.8) is 0 Å². The van der Waals surface area contributed by atoms with Gasteiger partial charge in [0.05, 0.1) is 0 Å². The van der Waals surface area contributed by atoms with E-state index in [0.717, 1.165) is 48.9 Å². The highest BCUT2D eigenvalue weighted by Crippen LogP contribution is 2.61. The second-order valence-electron chi connectivity index (χ2n) is 7.91. The third-order valence-electron chi connectivity index (χ3n) is 6.11. The number of Topliss-reactive ketones (excluding diaryl/α,β-unsaturated/α-hetero) is 1. The summed E-state index contributed by atoms with van der Waals surface area (Å²) in [6, 6.07) is 0. The minimum absolute atomic E-state index is 0.494. The van der Waals surface area contributed by atoms with Crippen molar-refractivity contribution in [2.75, 3.05) is 0 Å². The molecule has 4 fully saturated rings. The van der Waals surface area contributed by atoms with Crippen molar-refractivity contribution in [1.29, 1.82) is 0 Å². The summed E-state index contributed by atoms with van der Waals surface area (Å²) in [5.41, 5.74) is 0.725. The van der Waals surface area contributed by atoms with E-state index in [-0.39, 0.29) is 0 Å². The maximum absolute atomic E-state index is 11.6. The van der Waals surface area contributed by atoms with Crippen LogP contribution in [0.5, 0.6) is 0 Å². The molecule has 19 heavy (non-hydrogen) atoms. The molecule has 0 N–H and O–H groups in total. The lowest BCUT2D eigenvalue weighted by molar-refractivity contribution is -0.119. The van der Waals surface area contributed by atoms with E-state index in [1.165, 1.54) is 32.1 Å². The highest BCUT2D eigenvalue weighted by molar-refractivity contribution is 5.78. The molecule has 4 aliphatic rings. The first-order valence-electron chi connectivity index (χ1n) is 8.71. The average molecular weight is 262 g/mol. The number of hydrogen-bond acceptors (Lipinski definition) is 1. The van der Waals surface area contributed by atoms with Gasteiger partial charge in [0.25, 0.3) is 0 Å². The molecule has 0 atom stereocenters. The normalized spacial score (nSPS) is 39.7. The van der Waals surface area contributed by atoms with Gasteiger partial charge < -0.3 is 0 Å². The minimum Gasteiger partial charge on any atom is -0.300 e. The summed E-state index contributed by atoms with van der Waals surface area (Å²) in [6.07, 6.45) is 15.8. The number of rotatable bonds is 7. The van der Waals surface area contributed by atoms with Gasteiger partial charge in [0.15, 0.2) is 0 Å². The summed E-state index contributed by atoms with van der Waals surface area (Å²) in [4.78, 5) is 11.6. The van der Waals surface area contributed by atoms with Crippen LogP contribution in [-0.2, 0) is 4.79 Å². The lowest BCUT2D eigenvalue weighted by Crippen LogP contribution is -2.45. The molecule has 1 heteroatoms. The van der Waals surface area contributed by atoms with Crippen LogP contribution in [-0.4, -0.2) is 5.78 Å². The van der Waals surface area contributed by atoms with E-state index in [4.69, 9.17) is 0 Å². The molecular formula is C18H30O. The van der Waals surface area contributed by atoms with Crippen LogP contribution in [0.4, 0.5) is 0 Å². The monoisotopic (exact) mass is 262 g/mol. The molecule has 4 bridgehead atoms. The molecule has 0 aromatic rings. The predicted octanol–water partition coefficient (Wildman–Crippen LogP) is 5.13. The van der Waals surface area contributed by atoms with Gasteiger partial charge in [0.2, 0.25) is 0 Å². The molecule has 4 saturated carbocycles. The van der Waals surface area contributed by atoms with E-state index in [1.807, 2.05) is 0 Å². The topological polar surface area (TPSA) is 17.1 Å². The molecule has 4 aliphatic carbocycles. The molecule has 0 aromatic heterocycles. The third-order valence-corrected chi connectivity index (χ3v) is 6.11. The van der Waals surface area contributed by atoms with Gasteiger partial charge in [-0.3, -0.25) is 4.79 Å². The summed E-state index contributed by atoms with van der Waals surface area (Å²) >= 11 is 0. The fraction of sp³-hybridized carbons (Fsp3) is 0.944. The number of unbranched alkanes of at least 4 members (excludes halogenated alkanes) is 1. The summed E-state index contributed by atoms with van der Waals surface area (Å²) in [7, 11) is 0. The number of carbonyl (C=O) groups is 1. The SMILES string of the molecule is CCCC(=O)CCCCC12CC3CC(CC(C3)C1)C2. The molecule has 108 valence electrons. The zero-order valence-corrected chi connectivity index (χ0v) is 12.6. The van der Waals surface area contributed by atoms with Crippen LogP contribution in [0, 0.1) is 23.2 Å². The Morgan fingerprint density at radius 2 is 1.53 bits per heavy atom. The molecule has 0 unspecified atom stereocenters. The molecule has 0 amide bonds. The third kappa shape index (κ3) is 3.06. The van der Waals surface area contributed by atoms with Crippen LogP contribution < -0.4 is 0 Å². The molecular weight excluding hydrogens is 232 g/mol. The smallest absolute Gasteiger partial charge is 0.132 e. The van der Waals surface area contributed by atoms with Gasteiger partial charge >= 0.3 is 0 Å². The van der Waals surface area contributed by atoms with Crippen LogP contribution in [0.3, 0.4) is 0 Å². The first-order valence-corrected chi connectivity index (χ1v) is 8.71. The van der Waals surface area contributed by atoms with Gasteiger partial charge in [-0.05, 0) is 81.0 Å². The van der Waals surface area contributed by atoms with Crippen LogP contribution in [0.2, 0.25) is 0 Å². The van der Waals surface area contributed by atoms with E-state index in [0.29, 0.717) is 5.78 Å². The molecule has 4 rings (SSSR count). The van der Waals surface area contributed by atoms with Crippen LogP contribution in [0.25, 0.3) is 0 Å². The van der Waals surface area contributed by atoms with Gasteiger partial charge in [-0.2, -0.15) is 0 Å². The Morgan fingerprint density at radius 1 is 0.947 bits per heavy atom. The Labute approximate surface area is 118 Å². The maximum atomic E-state index is 11.6. The van der Waals surface area contributed by atoms with Crippen LogP contribution in [0.15, 0.2) is 0 Å². The molecule has 0 spiro atoms. The second kappa shape index (κ2) is 5.58. The van der Waals surface area contributed by atoms with Gasteiger partial charge in [0.1, 0.15) is 5.78 Å². The van der Waals surface area contributed by atoms with E-state index >= 15 is 0 Å². The zero-order valence-electron chi connectivity index (χ0n) is 12.6. The largest absolute Gasteiger partial charge is 0.300 e. The van der Waals surface area contributed by atoms with Crippen molar-refractivity contribution in [1.82, 2.24) is 0 Å². The van der Waals surface area contributed by atoms with Gasteiger partial charge in [-0.25, -0.2) is 0 Å². The Balaban J connectivity index is 1.44. The molecule has 0 aromatic carbocycles. The molecule has 0 heterocycles. The Bertz CT molecular complexity index is 295. The van der Waals surface area contributed by atoms with Crippen molar-refractivity contribution in [3.05, 3.63) is 0 Å². The van der Waals surface area contributed by atoms with Crippen molar-refractivity contribution >= 4 is 5.78 Å². The summed E-state index contributed by atoms with van der Waals surface area (Å²) < 4.78 is 0. The summed E-state index contributed by atoms with van der Waals surface area (Å²) in [6.45, 7) is 2.10. The lowest BCUT2D eigenvalue weighted by Gasteiger charge is -2.57. The maximum Gasteiger partial charge on any atom is 0.132 e. The quantitative estimate of drug-likeness (QED) is 0.581. The number of carbonyl (C=O) groups excluding carboxylic acids is 1. The van der Waals surface area contributed by atoms with Crippen molar-refractivity contribution in [2.45, 2.75) is 84.0 Å². The minimum atomic E-state index is 0.494. The number of ketones is 1. The first kappa shape index (κ1) is 13.6. The van der Waals surface area contributed by atoms with E-state index in [2.05, 4.69) is 6.92 Å². The van der Waals surface area contributed by atoms with Crippen LogP contribution >= 0.6 is 0 Å². The fourth-order valence-corrected chi connectivity index (χ4v) is 5.82. The lowest BCUT2D eigenvalue weighted by atomic mass is 9.48. The number of hydrogen-bond donors (Lipinski definition) is 0. The van der Waals surface area contributed by atoms with Crippen molar-refractivity contribution in [2.24, 2.45) is 23.2 Å². The Kier molecular flexibility index (Phi) is 4.01. The van der Waals surface area contributed by atoms with Gasteiger partial charge in [0, 0.05) is 12.8 Å². The first-order chi connectivity index (χ1) is 9.19. The Morgan fingerprint density at radius 3 is 2.05 bits per heavy atom. The molecule has 0 radical (unpaired) electrons. The summed E-state index contributed by atoms with van der Waals surface area (Å²) in [5.74, 6) is 3.72. The van der Waals surface area contributed by atoms with Gasteiger partial charge in [-0.15, -0.1) is 0 Å². The Hall–Kier alpha value is -0.330. The highest BCUT2D eigenvalue weighted by atomic mass is 16.1. The average Bonchev–Trinajstić information content (AvgIpc) is 2.33. The highest BCUT2D eigenvalue weighted by Gasteiger charge is 2.50. The molecule has 0 aliphatic heterocycles. The zero-order chi connectivity index (χ0) is 13.3. The standard InChI is InChI=1S/C18H30O/c1-2-5-17(19)6-3-4-7-18-11-14-8-15(12-18)10-16(9-14)13-18/h14-16H,2-13H2,1H3. The van der Waals surface area contributed by atoms with E-state index in [1.54, 1.807) is 19.3 Å².